The van der Waals surface area contributed by atoms with E-state index in [-0.39, 0.29) is 24.2 Å². The molecule has 2 amide bonds. The molecular weight excluding hydrogens is 336 g/mol. The number of benzene rings is 2. The SMILES string of the molecule is O=C(NCc1ccccc1Cl)[C@@H]1CC(=O)N(CCc2ccccc2)C1. The Bertz CT molecular complexity index is 748. The van der Waals surface area contributed by atoms with Crippen LogP contribution in [-0.4, -0.2) is 29.8 Å². The molecular formula is C20H21ClN2O2. The lowest BCUT2D eigenvalue weighted by Crippen LogP contribution is -2.33. The molecule has 0 aliphatic carbocycles. The van der Waals surface area contributed by atoms with Crippen molar-refractivity contribution in [1.29, 1.82) is 0 Å². The van der Waals surface area contributed by atoms with E-state index >= 15 is 0 Å². The minimum absolute atomic E-state index is 0.0498. The molecule has 130 valence electrons. The summed E-state index contributed by atoms with van der Waals surface area (Å²) in [4.78, 5) is 26.3. The quantitative estimate of drug-likeness (QED) is 0.864. The number of nitrogens with zero attached hydrogens (tertiary/aromatic N) is 1. The van der Waals surface area contributed by atoms with E-state index in [0.717, 1.165) is 12.0 Å². The normalized spacial score (nSPS) is 16.9. The Morgan fingerprint density at radius 3 is 2.60 bits per heavy atom. The average Bonchev–Trinajstić information content (AvgIpc) is 3.01. The van der Waals surface area contributed by atoms with Gasteiger partial charge < -0.3 is 10.2 Å². The number of halogens is 1. The van der Waals surface area contributed by atoms with Crippen LogP contribution in [0.25, 0.3) is 0 Å². The molecule has 4 nitrogen and oxygen atoms in total. The van der Waals surface area contributed by atoms with Crippen molar-refractivity contribution in [3.8, 4) is 0 Å². The van der Waals surface area contributed by atoms with Crippen LogP contribution in [-0.2, 0) is 22.6 Å². The zero-order valence-corrected chi connectivity index (χ0v) is 14.7. The third-order valence-electron chi connectivity index (χ3n) is 4.51. The van der Waals surface area contributed by atoms with Gasteiger partial charge in [-0.3, -0.25) is 9.59 Å². The Morgan fingerprint density at radius 1 is 1.12 bits per heavy atom. The monoisotopic (exact) mass is 356 g/mol. The molecule has 0 radical (unpaired) electrons. The van der Waals surface area contributed by atoms with Crippen molar-refractivity contribution in [3.05, 3.63) is 70.7 Å². The van der Waals surface area contributed by atoms with Crippen LogP contribution < -0.4 is 5.32 Å². The van der Waals surface area contributed by atoms with Gasteiger partial charge >= 0.3 is 0 Å². The first-order chi connectivity index (χ1) is 12.1. The number of amides is 2. The van der Waals surface area contributed by atoms with Gasteiger partial charge in [0, 0.05) is 31.1 Å². The zero-order chi connectivity index (χ0) is 17.6. The van der Waals surface area contributed by atoms with E-state index in [9.17, 15) is 9.59 Å². The number of hydrogen-bond donors (Lipinski definition) is 1. The van der Waals surface area contributed by atoms with E-state index < -0.39 is 0 Å². The molecule has 1 aliphatic rings. The molecule has 0 spiro atoms. The van der Waals surface area contributed by atoms with Crippen LogP contribution in [0, 0.1) is 5.92 Å². The highest BCUT2D eigenvalue weighted by Crippen LogP contribution is 2.19. The number of carbonyl (C=O) groups is 2. The molecule has 5 heteroatoms. The molecule has 25 heavy (non-hydrogen) atoms. The predicted molar refractivity (Wildman–Crippen MR) is 98.1 cm³/mol. The Balaban J connectivity index is 1.49. The molecule has 3 rings (SSSR count). The lowest BCUT2D eigenvalue weighted by Gasteiger charge is -2.16. The van der Waals surface area contributed by atoms with E-state index in [2.05, 4.69) is 5.32 Å². The van der Waals surface area contributed by atoms with E-state index in [1.54, 1.807) is 11.0 Å². The highest BCUT2D eigenvalue weighted by molar-refractivity contribution is 6.31. The predicted octanol–water partition coefficient (Wildman–Crippen LogP) is 3.05. The summed E-state index contributed by atoms with van der Waals surface area (Å²) < 4.78 is 0. The fourth-order valence-corrected chi connectivity index (χ4v) is 3.24. The number of rotatable bonds is 6. The van der Waals surface area contributed by atoms with Gasteiger partial charge in [0.2, 0.25) is 11.8 Å². The standard InChI is InChI=1S/C20H21ClN2O2/c21-18-9-5-4-8-16(18)13-22-20(25)17-12-19(24)23(14-17)11-10-15-6-2-1-3-7-15/h1-9,17H,10-14H2,(H,22,25)/t17-/m1/s1. The van der Waals surface area contributed by atoms with Gasteiger partial charge in [-0.2, -0.15) is 0 Å². The number of nitrogens with one attached hydrogen (secondary N) is 1. The molecule has 1 atom stereocenters. The molecule has 1 N–H and O–H groups in total. The van der Waals surface area contributed by atoms with Crippen LogP contribution in [0.1, 0.15) is 17.5 Å². The fourth-order valence-electron chi connectivity index (χ4n) is 3.04. The van der Waals surface area contributed by atoms with Gasteiger partial charge in [-0.05, 0) is 23.6 Å². The van der Waals surface area contributed by atoms with Crippen molar-refractivity contribution >= 4 is 23.4 Å². The molecule has 1 aliphatic heterocycles. The summed E-state index contributed by atoms with van der Waals surface area (Å²) in [6.07, 6.45) is 1.09. The maximum atomic E-state index is 12.4. The minimum Gasteiger partial charge on any atom is -0.352 e. The summed E-state index contributed by atoms with van der Waals surface area (Å²) in [6.45, 7) is 1.52. The highest BCUT2D eigenvalue weighted by Gasteiger charge is 2.33. The average molecular weight is 357 g/mol. The largest absolute Gasteiger partial charge is 0.352 e. The van der Waals surface area contributed by atoms with Crippen LogP contribution in [0.3, 0.4) is 0 Å². The van der Waals surface area contributed by atoms with Crippen LogP contribution in [0.15, 0.2) is 54.6 Å². The summed E-state index contributed by atoms with van der Waals surface area (Å²) in [5.41, 5.74) is 2.07. The summed E-state index contributed by atoms with van der Waals surface area (Å²) in [5, 5.41) is 3.53. The molecule has 1 heterocycles. The van der Waals surface area contributed by atoms with Gasteiger partial charge in [0.1, 0.15) is 0 Å². The van der Waals surface area contributed by atoms with Crippen molar-refractivity contribution in [2.45, 2.75) is 19.4 Å². The Hall–Kier alpha value is -2.33. The fraction of sp³-hybridized carbons (Fsp3) is 0.300. The van der Waals surface area contributed by atoms with Gasteiger partial charge in [-0.1, -0.05) is 60.1 Å². The second-order valence-corrected chi connectivity index (χ2v) is 6.69. The molecule has 1 fully saturated rings. The number of carbonyl (C=O) groups excluding carboxylic acids is 2. The van der Waals surface area contributed by atoms with Crippen LogP contribution in [0.4, 0.5) is 0 Å². The Morgan fingerprint density at radius 2 is 1.84 bits per heavy atom. The van der Waals surface area contributed by atoms with Crippen molar-refractivity contribution in [1.82, 2.24) is 10.2 Å². The lowest BCUT2D eigenvalue weighted by atomic mass is 10.1. The first-order valence-corrected chi connectivity index (χ1v) is 8.84. The van der Waals surface area contributed by atoms with E-state index in [4.69, 9.17) is 11.6 Å². The van der Waals surface area contributed by atoms with E-state index in [0.29, 0.717) is 24.7 Å². The van der Waals surface area contributed by atoms with Gasteiger partial charge in [-0.25, -0.2) is 0 Å². The van der Waals surface area contributed by atoms with Gasteiger partial charge in [0.15, 0.2) is 0 Å². The Kier molecular flexibility index (Phi) is 5.71. The molecule has 0 unspecified atom stereocenters. The summed E-state index contributed by atoms with van der Waals surface area (Å²) in [6, 6.07) is 17.5. The second-order valence-electron chi connectivity index (χ2n) is 6.29. The number of hydrogen-bond acceptors (Lipinski definition) is 2. The molecule has 1 saturated heterocycles. The topological polar surface area (TPSA) is 49.4 Å². The van der Waals surface area contributed by atoms with Crippen molar-refractivity contribution < 1.29 is 9.59 Å². The third-order valence-corrected chi connectivity index (χ3v) is 4.88. The molecule has 0 aromatic heterocycles. The first kappa shape index (κ1) is 17.5. The van der Waals surface area contributed by atoms with Crippen molar-refractivity contribution in [2.24, 2.45) is 5.92 Å². The maximum Gasteiger partial charge on any atom is 0.225 e. The minimum atomic E-state index is -0.286. The van der Waals surface area contributed by atoms with Crippen molar-refractivity contribution in [3.63, 3.8) is 0 Å². The zero-order valence-electron chi connectivity index (χ0n) is 14.0. The Labute approximate surface area is 152 Å². The van der Waals surface area contributed by atoms with Gasteiger partial charge in [0.05, 0.1) is 5.92 Å². The molecule has 2 aromatic rings. The van der Waals surface area contributed by atoms with Gasteiger partial charge in [-0.15, -0.1) is 0 Å². The second kappa shape index (κ2) is 8.17. The lowest BCUT2D eigenvalue weighted by molar-refractivity contribution is -0.129. The smallest absolute Gasteiger partial charge is 0.225 e. The van der Waals surface area contributed by atoms with E-state index in [1.807, 2.05) is 48.5 Å². The van der Waals surface area contributed by atoms with Crippen molar-refractivity contribution in [2.75, 3.05) is 13.1 Å². The molecule has 0 bridgehead atoms. The molecule has 2 aromatic carbocycles. The molecule has 0 saturated carbocycles. The van der Waals surface area contributed by atoms with Crippen LogP contribution in [0.2, 0.25) is 5.02 Å². The summed E-state index contributed by atoms with van der Waals surface area (Å²) in [7, 11) is 0. The summed E-state index contributed by atoms with van der Waals surface area (Å²) in [5.74, 6) is -0.324. The van der Waals surface area contributed by atoms with Crippen LogP contribution >= 0.6 is 11.6 Å². The summed E-state index contributed by atoms with van der Waals surface area (Å²) >= 11 is 6.10. The van der Waals surface area contributed by atoms with Gasteiger partial charge in [0.25, 0.3) is 0 Å². The number of likely N-dealkylation sites (tertiary alicyclic amines) is 1. The van der Waals surface area contributed by atoms with E-state index in [1.165, 1.54) is 5.56 Å². The third kappa shape index (κ3) is 4.60. The maximum absolute atomic E-state index is 12.4. The van der Waals surface area contributed by atoms with Crippen LogP contribution in [0.5, 0.6) is 0 Å². The highest BCUT2D eigenvalue weighted by atomic mass is 35.5. The first-order valence-electron chi connectivity index (χ1n) is 8.46.